The van der Waals surface area contributed by atoms with Crippen molar-refractivity contribution >= 4 is 11.9 Å². The number of hydrogen-bond donors (Lipinski definition) is 2. The Bertz CT molecular complexity index is 204. The van der Waals surface area contributed by atoms with E-state index in [0.717, 1.165) is 0 Å². The summed E-state index contributed by atoms with van der Waals surface area (Å²) in [4.78, 5) is 21.8. The van der Waals surface area contributed by atoms with E-state index < -0.39 is 17.8 Å². The summed E-state index contributed by atoms with van der Waals surface area (Å²) < 4.78 is 0. The second-order valence-electron chi connectivity index (χ2n) is 3.29. The Morgan fingerprint density at radius 1 is 1.23 bits per heavy atom. The number of aliphatic carboxylic acids is 1. The average molecular weight is 188 g/mol. The maximum Gasteiger partial charge on any atom is 0.307 e. The molecule has 0 aromatic rings. The first-order valence-electron chi connectivity index (χ1n) is 4.07. The predicted molar refractivity (Wildman–Crippen MR) is 47.8 cm³/mol. The standard InChI is InChI=1S/C8H16N2O3/c1-5(6(2)8(12)13)7(11)9-10(3)4/h5-6H,1-4H3,(H,9,11)(H,12,13). The zero-order valence-electron chi connectivity index (χ0n) is 8.37. The van der Waals surface area contributed by atoms with E-state index in [4.69, 9.17) is 5.11 Å². The van der Waals surface area contributed by atoms with Crippen molar-refractivity contribution < 1.29 is 14.7 Å². The van der Waals surface area contributed by atoms with Gasteiger partial charge in [-0.3, -0.25) is 15.0 Å². The molecule has 2 atom stereocenters. The van der Waals surface area contributed by atoms with Gasteiger partial charge in [0, 0.05) is 20.0 Å². The molecular weight excluding hydrogens is 172 g/mol. The van der Waals surface area contributed by atoms with E-state index in [-0.39, 0.29) is 5.91 Å². The van der Waals surface area contributed by atoms with Gasteiger partial charge in [-0.25, -0.2) is 5.01 Å². The largest absolute Gasteiger partial charge is 0.481 e. The number of carbonyl (C=O) groups is 2. The van der Waals surface area contributed by atoms with Crippen LogP contribution in [0, 0.1) is 11.8 Å². The molecule has 2 unspecified atom stereocenters. The molecule has 0 aliphatic rings. The lowest BCUT2D eigenvalue weighted by molar-refractivity contribution is -0.146. The van der Waals surface area contributed by atoms with Crippen LogP contribution < -0.4 is 5.43 Å². The van der Waals surface area contributed by atoms with E-state index in [0.29, 0.717) is 0 Å². The minimum atomic E-state index is -0.957. The van der Waals surface area contributed by atoms with Crippen LogP contribution in [0.5, 0.6) is 0 Å². The van der Waals surface area contributed by atoms with Crippen LogP contribution in [-0.2, 0) is 9.59 Å². The number of carboxylic acids is 1. The molecule has 0 aliphatic heterocycles. The fraction of sp³-hybridized carbons (Fsp3) is 0.750. The summed E-state index contributed by atoms with van der Waals surface area (Å²) in [6.45, 7) is 3.11. The molecule has 0 aliphatic carbocycles. The van der Waals surface area contributed by atoms with Gasteiger partial charge >= 0.3 is 5.97 Å². The van der Waals surface area contributed by atoms with Crippen molar-refractivity contribution in [2.75, 3.05) is 14.1 Å². The zero-order chi connectivity index (χ0) is 10.6. The first-order valence-corrected chi connectivity index (χ1v) is 4.07. The van der Waals surface area contributed by atoms with Gasteiger partial charge in [0.2, 0.25) is 5.91 Å². The summed E-state index contributed by atoms with van der Waals surface area (Å²) in [5, 5.41) is 10.1. The molecule has 2 N–H and O–H groups in total. The predicted octanol–water partition coefficient (Wildman–Crippen LogP) is -0.0640. The number of hydrazine groups is 1. The van der Waals surface area contributed by atoms with Crippen LogP contribution in [0.4, 0.5) is 0 Å². The Labute approximate surface area is 77.7 Å². The van der Waals surface area contributed by atoms with E-state index in [1.54, 1.807) is 21.0 Å². The highest BCUT2D eigenvalue weighted by Crippen LogP contribution is 2.10. The molecule has 0 rings (SSSR count). The average Bonchev–Trinajstić information content (AvgIpc) is 2.00. The van der Waals surface area contributed by atoms with E-state index in [1.807, 2.05) is 0 Å². The highest BCUT2D eigenvalue weighted by Gasteiger charge is 2.25. The number of carbonyl (C=O) groups excluding carboxylic acids is 1. The van der Waals surface area contributed by atoms with Crippen LogP contribution in [0.2, 0.25) is 0 Å². The summed E-state index contributed by atoms with van der Waals surface area (Å²) in [7, 11) is 3.35. The smallest absolute Gasteiger partial charge is 0.307 e. The van der Waals surface area contributed by atoms with Gasteiger partial charge in [-0.1, -0.05) is 13.8 Å². The molecule has 0 radical (unpaired) electrons. The Morgan fingerprint density at radius 2 is 1.69 bits per heavy atom. The molecule has 0 aromatic carbocycles. The van der Waals surface area contributed by atoms with Crippen molar-refractivity contribution in [3.8, 4) is 0 Å². The summed E-state index contributed by atoms with van der Waals surface area (Å²) in [5.41, 5.74) is 2.51. The fourth-order valence-corrected chi connectivity index (χ4v) is 0.763. The van der Waals surface area contributed by atoms with E-state index in [9.17, 15) is 9.59 Å². The molecule has 0 saturated heterocycles. The first kappa shape index (κ1) is 11.9. The molecule has 5 heteroatoms. The SMILES string of the molecule is CC(C(=O)O)C(C)C(=O)NN(C)C. The van der Waals surface area contributed by atoms with Gasteiger partial charge in [0.1, 0.15) is 0 Å². The Morgan fingerprint density at radius 3 is 2.00 bits per heavy atom. The van der Waals surface area contributed by atoms with Crippen LogP contribution in [0.25, 0.3) is 0 Å². The number of nitrogens with zero attached hydrogens (tertiary/aromatic N) is 1. The molecule has 0 bridgehead atoms. The van der Waals surface area contributed by atoms with Crippen molar-refractivity contribution in [2.24, 2.45) is 11.8 Å². The lowest BCUT2D eigenvalue weighted by Crippen LogP contribution is -2.42. The highest BCUT2D eigenvalue weighted by molar-refractivity contribution is 5.83. The van der Waals surface area contributed by atoms with Crippen LogP contribution in [0.3, 0.4) is 0 Å². The summed E-state index contributed by atoms with van der Waals surface area (Å²) in [6, 6.07) is 0. The molecule has 0 saturated carbocycles. The lowest BCUT2D eigenvalue weighted by atomic mass is 9.96. The normalized spacial score (nSPS) is 15.2. The van der Waals surface area contributed by atoms with Crippen molar-refractivity contribution in [3.63, 3.8) is 0 Å². The number of rotatable bonds is 4. The van der Waals surface area contributed by atoms with Crippen molar-refractivity contribution in [3.05, 3.63) is 0 Å². The monoisotopic (exact) mass is 188 g/mol. The van der Waals surface area contributed by atoms with Gasteiger partial charge in [-0.2, -0.15) is 0 Å². The number of hydrogen-bond acceptors (Lipinski definition) is 3. The fourth-order valence-electron chi connectivity index (χ4n) is 0.763. The topological polar surface area (TPSA) is 69.6 Å². The van der Waals surface area contributed by atoms with E-state index in [1.165, 1.54) is 11.9 Å². The molecule has 0 aromatic heterocycles. The molecule has 1 amide bonds. The maximum absolute atomic E-state index is 11.3. The quantitative estimate of drug-likeness (QED) is 0.606. The lowest BCUT2D eigenvalue weighted by Gasteiger charge is -2.18. The molecule has 5 nitrogen and oxygen atoms in total. The third-order valence-electron chi connectivity index (χ3n) is 1.89. The van der Waals surface area contributed by atoms with Crippen molar-refractivity contribution in [1.29, 1.82) is 0 Å². The second kappa shape index (κ2) is 4.81. The minimum Gasteiger partial charge on any atom is -0.481 e. The second-order valence-corrected chi connectivity index (χ2v) is 3.29. The first-order chi connectivity index (χ1) is 5.86. The van der Waals surface area contributed by atoms with Gasteiger partial charge in [0.05, 0.1) is 5.92 Å². The molecular formula is C8H16N2O3. The van der Waals surface area contributed by atoms with Crippen LogP contribution in [0.15, 0.2) is 0 Å². The van der Waals surface area contributed by atoms with Crippen LogP contribution >= 0.6 is 0 Å². The van der Waals surface area contributed by atoms with Gasteiger partial charge in [-0.15, -0.1) is 0 Å². The molecule has 13 heavy (non-hydrogen) atoms. The third-order valence-corrected chi connectivity index (χ3v) is 1.89. The van der Waals surface area contributed by atoms with Crippen molar-refractivity contribution in [2.45, 2.75) is 13.8 Å². The van der Waals surface area contributed by atoms with Gasteiger partial charge in [0.15, 0.2) is 0 Å². The number of amides is 1. The number of nitrogens with one attached hydrogen (secondary N) is 1. The van der Waals surface area contributed by atoms with E-state index in [2.05, 4.69) is 5.43 Å². The third kappa shape index (κ3) is 3.89. The Balaban J connectivity index is 4.17. The molecule has 0 fully saturated rings. The van der Waals surface area contributed by atoms with Crippen LogP contribution in [-0.4, -0.2) is 36.1 Å². The van der Waals surface area contributed by atoms with Crippen molar-refractivity contribution in [1.82, 2.24) is 10.4 Å². The van der Waals surface area contributed by atoms with E-state index >= 15 is 0 Å². The van der Waals surface area contributed by atoms with Gasteiger partial charge < -0.3 is 5.11 Å². The van der Waals surface area contributed by atoms with Gasteiger partial charge in [-0.05, 0) is 0 Å². The Kier molecular flexibility index (Phi) is 4.40. The maximum atomic E-state index is 11.3. The molecule has 0 spiro atoms. The summed E-state index contributed by atoms with van der Waals surface area (Å²) >= 11 is 0. The number of carboxylic acid groups (broad SMARTS) is 1. The summed E-state index contributed by atoms with van der Waals surface area (Å²) in [5.74, 6) is -2.43. The molecule has 76 valence electrons. The Hall–Kier alpha value is -1.10. The van der Waals surface area contributed by atoms with Crippen LogP contribution in [0.1, 0.15) is 13.8 Å². The highest BCUT2D eigenvalue weighted by atomic mass is 16.4. The molecule has 0 heterocycles. The summed E-state index contributed by atoms with van der Waals surface area (Å²) in [6.07, 6.45) is 0. The minimum absolute atomic E-state index is 0.278. The van der Waals surface area contributed by atoms with Gasteiger partial charge in [0.25, 0.3) is 0 Å². The zero-order valence-corrected chi connectivity index (χ0v) is 8.37.